The van der Waals surface area contributed by atoms with Gasteiger partial charge in [0.2, 0.25) is 0 Å². The molecule has 0 saturated heterocycles. The highest BCUT2D eigenvalue weighted by Gasteiger charge is 2.11. The highest BCUT2D eigenvalue weighted by molar-refractivity contribution is 6.00. The van der Waals surface area contributed by atoms with Crippen LogP contribution in [0.5, 0.6) is 17.2 Å². The number of aromatic nitrogens is 2. The Bertz CT molecular complexity index is 1450. The van der Waals surface area contributed by atoms with Crippen LogP contribution in [0.15, 0.2) is 65.6 Å². The van der Waals surface area contributed by atoms with E-state index >= 15 is 0 Å². The predicted molar refractivity (Wildman–Crippen MR) is 134 cm³/mol. The van der Waals surface area contributed by atoms with Crippen molar-refractivity contribution in [2.45, 2.75) is 20.5 Å². The zero-order valence-corrected chi connectivity index (χ0v) is 19.9. The Morgan fingerprint density at radius 1 is 0.943 bits per heavy atom. The topological polar surface area (TPSA) is 103 Å². The molecule has 9 nitrogen and oxygen atoms in total. The largest absolute Gasteiger partial charge is 0.497 e. The van der Waals surface area contributed by atoms with Crippen LogP contribution in [0.2, 0.25) is 0 Å². The van der Waals surface area contributed by atoms with Crippen molar-refractivity contribution in [2.24, 2.45) is 0 Å². The van der Waals surface area contributed by atoms with E-state index in [4.69, 9.17) is 14.2 Å². The molecule has 2 N–H and O–H groups in total. The molecule has 0 spiro atoms. The molecule has 35 heavy (non-hydrogen) atoms. The molecule has 0 fully saturated rings. The van der Waals surface area contributed by atoms with Gasteiger partial charge in [-0.2, -0.15) is 0 Å². The molecular weight excluding hydrogens is 448 g/mol. The maximum Gasteiger partial charge on any atom is 0.323 e. The number of pyridine rings is 1. The predicted octanol–water partition coefficient (Wildman–Crippen LogP) is 4.55. The number of benzene rings is 2. The van der Waals surface area contributed by atoms with Gasteiger partial charge >= 0.3 is 6.03 Å². The molecule has 2 heterocycles. The number of hydrogen-bond donors (Lipinski definition) is 2. The smallest absolute Gasteiger partial charge is 0.323 e. The van der Waals surface area contributed by atoms with Crippen LogP contribution in [0, 0.1) is 13.8 Å². The van der Waals surface area contributed by atoms with Gasteiger partial charge in [-0.25, -0.2) is 9.78 Å². The number of methoxy groups -OCH3 is 2. The van der Waals surface area contributed by atoms with Crippen LogP contribution in [-0.2, 0) is 6.61 Å². The Morgan fingerprint density at radius 2 is 1.77 bits per heavy atom. The second kappa shape index (κ2) is 10.2. The number of fused-ring (bicyclic) bond motifs is 1. The number of nitrogens with zero attached hydrogens (tertiary/aromatic N) is 2. The van der Waals surface area contributed by atoms with Gasteiger partial charge in [0, 0.05) is 30.1 Å². The number of carbonyl (C=O) groups excluding carboxylic acids is 1. The quantitative estimate of drug-likeness (QED) is 0.407. The molecule has 4 rings (SSSR count). The highest BCUT2D eigenvalue weighted by Crippen LogP contribution is 2.29. The standard InChI is InChI=1S/C26H26N4O5/c1-16-9-10-30-24(11-16)27-19(13-25(30)31)15-35-22-12-18(6-5-17(22)2)28-26(32)29-21-8-7-20(33-3)14-23(21)34-4/h5-14H,15H2,1-4H3,(H2,28,29,32). The second-order valence-corrected chi connectivity index (χ2v) is 7.93. The summed E-state index contributed by atoms with van der Waals surface area (Å²) in [5, 5.41) is 5.55. The summed E-state index contributed by atoms with van der Waals surface area (Å²) in [6.07, 6.45) is 1.70. The molecule has 9 heteroatoms. The number of amides is 2. The lowest BCUT2D eigenvalue weighted by Crippen LogP contribution is -2.20. The number of aryl methyl sites for hydroxylation is 2. The number of nitrogens with one attached hydrogen (secondary N) is 2. The third-order valence-corrected chi connectivity index (χ3v) is 5.35. The molecular formula is C26H26N4O5. The number of ether oxygens (including phenoxy) is 3. The van der Waals surface area contributed by atoms with Crippen LogP contribution in [0.4, 0.5) is 16.2 Å². The summed E-state index contributed by atoms with van der Waals surface area (Å²) in [5.74, 6) is 1.66. The van der Waals surface area contributed by atoms with Crippen molar-refractivity contribution in [1.82, 2.24) is 9.38 Å². The van der Waals surface area contributed by atoms with E-state index in [1.54, 1.807) is 43.6 Å². The average molecular weight is 475 g/mol. The Kier molecular flexibility index (Phi) is 6.86. The van der Waals surface area contributed by atoms with Gasteiger partial charge in [0.1, 0.15) is 29.5 Å². The molecule has 2 aromatic carbocycles. The van der Waals surface area contributed by atoms with E-state index in [1.807, 2.05) is 32.0 Å². The van der Waals surface area contributed by atoms with E-state index in [-0.39, 0.29) is 12.2 Å². The molecule has 0 aliphatic carbocycles. The van der Waals surface area contributed by atoms with Crippen LogP contribution in [0.25, 0.3) is 5.65 Å². The van der Waals surface area contributed by atoms with Crippen molar-refractivity contribution in [3.63, 3.8) is 0 Å². The molecule has 0 aliphatic heterocycles. The zero-order valence-electron chi connectivity index (χ0n) is 19.9. The van der Waals surface area contributed by atoms with Gasteiger partial charge in [0.25, 0.3) is 5.56 Å². The number of urea groups is 1. The third-order valence-electron chi connectivity index (χ3n) is 5.35. The fraction of sp³-hybridized carbons (Fsp3) is 0.192. The molecule has 0 saturated carbocycles. The number of carbonyl (C=O) groups is 1. The Hall–Kier alpha value is -4.53. The van der Waals surface area contributed by atoms with Crippen molar-refractivity contribution in [3.8, 4) is 17.2 Å². The molecule has 0 aliphatic rings. The lowest BCUT2D eigenvalue weighted by molar-refractivity contribution is 0.262. The van der Waals surface area contributed by atoms with Gasteiger partial charge < -0.3 is 24.8 Å². The first-order valence-corrected chi connectivity index (χ1v) is 10.9. The van der Waals surface area contributed by atoms with Gasteiger partial charge in [-0.1, -0.05) is 6.07 Å². The molecule has 0 bridgehead atoms. The first kappa shape index (κ1) is 23.6. The fourth-order valence-corrected chi connectivity index (χ4v) is 3.50. The Labute approximate surface area is 202 Å². The lowest BCUT2D eigenvalue weighted by atomic mass is 10.2. The van der Waals surface area contributed by atoms with Crippen LogP contribution < -0.4 is 30.4 Å². The van der Waals surface area contributed by atoms with Crippen LogP contribution in [0.3, 0.4) is 0 Å². The third kappa shape index (κ3) is 5.52. The molecule has 4 aromatic rings. The van der Waals surface area contributed by atoms with Crippen LogP contribution >= 0.6 is 0 Å². The van der Waals surface area contributed by atoms with Crippen molar-refractivity contribution in [1.29, 1.82) is 0 Å². The SMILES string of the molecule is COc1ccc(NC(=O)Nc2ccc(C)c(OCc3cc(=O)n4ccc(C)cc4n3)c2)c(OC)c1. The maximum absolute atomic E-state index is 12.6. The number of anilines is 2. The number of hydrogen-bond acceptors (Lipinski definition) is 6. The van der Waals surface area contributed by atoms with Crippen LogP contribution in [-0.4, -0.2) is 29.6 Å². The van der Waals surface area contributed by atoms with E-state index in [0.717, 1.165) is 11.1 Å². The monoisotopic (exact) mass is 474 g/mol. The summed E-state index contributed by atoms with van der Waals surface area (Å²) in [5.41, 5.74) is 3.83. The summed E-state index contributed by atoms with van der Waals surface area (Å²) < 4.78 is 17.9. The van der Waals surface area contributed by atoms with Crippen molar-refractivity contribution >= 4 is 23.1 Å². The summed E-state index contributed by atoms with van der Waals surface area (Å²) in [4.78, 5) is 29.5. The normalized spacial score (nSPS) is 10.6. The summed E-state index contributed by atoms with van der Waals surface area (Å²) in [6.45, 7) is 3.95. The summed E-state index contributed by atoms with van der Waals surface area (Å²) in [7, 11) is 3.07. The van der Waals surface area contributed by atoms with Gasteiger partial charge in [0.05, 0.1) is 25.6 Å². The molecule has 0 unspecified atom stereocenters. The van der Waals surface area contributed by atoms with Crippen molar-refractivity contribution in [3.05, 3.63) is 88.0 Å². The first-order valence-electron chi connectivity index (χ1n) is 10.9. The fourth-order valence-electron chi connectivity index (χ4n) is 3.50. The summed E-state index contributed by atoms with van der Waals surface area (Å²) >= 11 is 0. The van der Waals surface area contributed by atoms with E-state index in [1.165, 1.54) is 17.6 Å². The van der Waals surface area contributed by atoms with Gasteiger partial charge in [-0.05, 0) is 55.3 Å². The molecule has 0 atom stereocenters. The second-order valence-electron chi connectivity index (χ2n) is 7.93. The number of rotatable bonds is 7. The average Bonchev–Trinajstić information content (AvgIpc) is 2.84. The van der Waals surface area contributed by atoms with Crippen LogP contribution in [0.1, 0.15) is 16.8 Å². The lowest BCUT2D eigenvalue weighted by Gasteiger charge is -2.14. The first-order chi connectivity index (χ1) is 16.9. The van der Waals surface area contributed by atoms with Crippen molar-refractivity contribution in [2.75, 3.05) is 24.9 Å². The van der Waals surface area contributed by atoms with E-state index in [0.29, 0.717) is 40.0 Å². The molecule has 2 amide bonds. The maximum atomic E-state index is 12.6. The van der Waals surface area contributed by atoms with E-state index in [2.05, 4.69) is 15.6 Å². The van der Waals surface area contributed by atoms with Gasteiger partial charge in [0.15, 0.2) is 0 Å². The van der Waals surface area contributed by atoms with Crippen molar-refractivity contribution < 1.29 is 19.0 Å². The minimum Gasteiger partial charge on any atom is -0.497 e. The minimum atomic E-state index is -0.442. The molecule has 180 valence electrons. The van der Waals surface area contributed by atoms with E-state index in [9.17, 15) is 9.59 Å². The highest BCUT2D eigenvalue weighted by atomic mass is 16.5. The summed E-state index contributed by atoms with van der Waals surface area (Å²) in [6, 6.07) is 15.1. The van der Waals surface area contributed by atoms with Gasteiger partial charge in [-0.3, -0.25) is 9.20 Å². The van der Waals surface area contributed by atoms with E-state index < -0.39 is 6.03 Å². The Balaban J connectivity index is 1.46. The molecule has 0 radical (unpaired) electrons. The molecule has 2 aromatic heterocycles. The van der Waals surface area contributed by atoms with Gasteiger partial charge in [-0.15, -0.1) is 0 Å². The Morgan fingerprint density at radius 3 is 2.54 bits per heavy atom. The zero-order chi connectivity index (χ0) is 24.9. The minimum absolute atomic E-state index is 0.110.